The molecule has 0 nitrogen and oxygen atoms in total. The predicted octanol–water partition coefficient (Wildman–Crippen LogP) is 4.58. The average Bonchev–Trinajstić information content (AvgIpc) is 2.37. The van der Waals surface area contributed by atoms with Gasteiger partial charge in [-0.05, 0) is 17.2 Å². The van der Waals surface area contributed by atoms with E-state index in [4.69, 9.17) is 0 Å². The van der Waals surface area contributed by atoms with Crippen molar-refractivity contribution in [2.75, 3.05) is 0 Å². The molecule has 0 spiro atoms. The van der Waals surface area contributed by atoms with E-state index in [9.17, 15) is 0 Å². The van der Waals surface area contributed by atoms with Gasteiger partial charge in [-0.1, -0.05) is 74.1 Å². The van der Waals surface area contributed by atoms with Crippen LogP contribution in [-0.4, -0.2) is 8.07 Å². The van der Waals surface area contributed by atoms with E-state index >= 15 is 0 Å². The lowest BCUT2D eigenvalue weighted by Crippen LogP contribution is -2.16. The highest BCUT2D eigenvalue weighted by molar-refractivity contribution is 6.83. The van der Waals surface area contributed by atoms with Gasteiger partial charge in [0.25, 0.3) is 0 Å². The monoisotopic (exact) mass is 250 g/mol. The van der Waals surface area contributed by atoms with Crippen molar-refractivity contribution in [2.45, 2.75) is 19.6 Å². The fourth-order valence-electron chi connectivity index (χ4n) is 1.72. The van der Waals surface area contributed by atoms with Crippen LogP contribution in [0.25, 0.3) is 11.1 Å². The molecule has 0 heterocycles. The van der Waals surface area contributed by atoms with E-state index in [0.717, 1.165) is 5.56 Å². The second-order valence-corrected chi connectivity index (χ2v) is 10.2. The lowest BCUT2D eigenvalue weighted by molar-refractivity contribution is 1.58. The Morgan fingerprint density at radius 3 is 2.06 bits per heavy atom. The molecule has 0 fully saturated rings. The van der Waals surface area contributed by atoms with Crippen LogP contribution in [0, 0.1) is 11.5 Å². The molecule has 1 heteroatoms. The van der Waals surface area contributed by atoms with Gasteiger partial charge >= 0.3 is 0 Å². The third-order valence-electron chi connectivity index (χ3n) is 2.58. The molecule has 2 aromatic carbocycles. The Hall–Kier alpha value is -1.78. The molecule has 0 radical (unpaired) electrons. The van der Waals surface area contributed by atoms with Crippen molar-refractivity contribution >= 4 is 8.07 Å². The summed E-state index contributed by atoms with van der Waals surface area (Å²) in [5.41, 5.74) is 7.03. The maximum atomic E-state index is 3.44. The molecular formula is C17H18Si. The first-order valence-electron chi connectivity index (χ1n) is 6.24. The summed E-state index contributed by atoms with van der Waals surface area (Å²) in [6.07, 6.45) is 0. The first kappa shape index (κ1) is 12.7. The highest BCUT2D eigenvalue weighted by Gasteiger charge is 2.08. The highest BCUT2D eigenvalue weighted by Crippen LogP contribution is 2.22. The molecule has 0 aliphatic carbocycles. The minimum absolute atomic E-state index is 1.13. The van der Waals surface area contributed by atoms with Gasteiger partial charge in [0.15, 0.2) is 0 Å². The van der Waals surface area contributed by atoms with E-state index in [2.05, 4.69) is 79.6 Å². The first-order chi connectivity index (χ1) is 8.56. The molecule has 0 aromatic heterocycles. The van der Waals surface area contributed by atoms with Crippen LogP contribution in [0.15, 0.2) is 54.6 Å². The molecule has 0 N–H and O–H groups in total. The number of benzene rings is 2. The van der Waals surface area contributed by atoms with E-state index < -0.39 is 8.07 Å². The standard InChI is InChI=1S/C17H18Si/c1-18(2,3)14-13-16-11-7-8-12-17(16)15-9-5-4-6-10-15/h4-12H,1-3H3. The zero-order chi connectivity index (χ0) is 13.0. The maximum absolute atomic E-state index is 3.44. The summed E-state index contributed by atoms with van der Waals surface area (Å²) < 4.78 is 0. The smallest absolute Gasteiger partial charge is 0.127 e. The lowest BCUT2D eigenvalue weighted by atomic mass is 10.0. The minimum atomic E-state index is -1.32. The maximum Gasteiger partial charge on any atom is 0.129 e. The van der Waals surface area contributed by atoms with Crippen LogP contribution < -0.4 is 0 Å². The summed E-state index contributed by atoms with van der Waals surface area (Å²) >= 11 is 0. The second kappa shape index (κ2) is 5.24. The van der Waals surface area contributed by atoms with Crippen LogP contribution in [0.4, 0.5) is 0 Å². The van der Waals surface area contributed by atoms with E-state index in [0.29, 0.717) is 0 Å². The van der Waals surface area contributed by atoms with Crippen molar-refractivity contribution in [1.82, 2.24) is 0 Å². The molecule has 90 valence electrons. The Morgan fingerprint density at radius 1 is 0.778 bits per heavy atom. The van der Waals surface area contributed by atoms with Crippen LogP contribution in [0.2, 0.25) is 19.6 Å². The molecule has 18 heavy (non-hydrogen) atoms. The van der Waals surface area contributed by atoms with Crippen LogP contribution in [0.3, 0.4) is 0 Å². The molecule has 0 saturated carbocycles. The van der Waals surface area contributed by atoms with E-state index in [1.54, 1.807) is 0 Å². The Bertz CT molecular complexity index is 580. The van der Waals surface area contributed by atoms with E-state index in [1.807, 2.05) is 6.07 Å². The number of hydrogen-bond acceptors (Lipinski definition) is 0. The van der Waals surface area contributed by atoms with E-state index in [1.165, 1.54) is 11.1 Å². The van der Waals surface area contributed by atoms with Gasteiger partial charge in [-0.3, -0.25) is 0 Å². The molecule has 0 unspecified atom stereocenters. The zero-order valence-electron chi connectivity index (χ0n) is 11.2. The largest absolute Gasteiger partial charge is 0.129 e. The van der Waals surface area contributed by atoms with Crippen LogP contribution >= 0.6 is 0 Å². The summed E-state index contributed by atoms with van der Waals surface area (Å²) in [6, 6.07) is 18.8. The molecule has 0 saturated heterocycles. The molecule has 0 bridgehead atoms. The molecule has 0 aliphatic heterocycles. The summed E-state index contributed by atoms with van der Waals surface area (Å²) in [6.45, 7) is 6.81. The summed E-state index contributed by atoms with van der Waals surface area (Å²) in [4.78, 5) is 0. The van der Waals surface area contributed by atoms with Crippen LogP contribution in [0.5, 0.6) is 0 Å². The van der Waals surface area contributed by atoms with Gasteiger partial charge in [-0.25, -0.2) is 0 Å². The van der Waals surface area contributed by atoms with Gasteiger partial charge in [0, 0.05) is 5.56 Å². The van der Waals surface area contributed by atoms with Crippen molar-refractivity contribution in [3.63, 3.8) is 0 Å². The molecular weight excluding hydrogens is 232 g/mol. The highest BCUT2D eigenvalue weighted by atomic mass is 28.3. The van der Waals surface area contributed by atoms with Gasteiger partial charge < -0.3 is 0 Å². The Kier molecular flexibility index (Phi) is 3.69. The summed E-state index contributed by atoms with van der Waals surface area (Å²) in [5.74, 6) is 3.36. The molecule has 2 aromatic rings. The average molecular weight is 250 g/mol. The van der Waals surface area contributed by atoms with E-state index in [-0.39, 0.29) is 0 Å². The molecule has 2 rings (SSSR count). The quantitative estimate of drug-likeness (QED) is 0.513. The fraction of sp³-hybridized carbons (Fsp3) is 0.176. The minimum Gasteiger partial charge on any atom is -0.127 e. The van der Waals surface area contributed by atoms with Crippen molar-refractivity contribution in [3.05, 3.63) is 60.2 Å². The summed E-state index contributed by atoms with van der Waals surface area (Å²) in [5, 5.41) is 0. The third-order valence-corrected chi connectivity index (χ3v) is 3.46. The van der Waals surface area contributed by atoms with Crippen LogP contribution in [-0.2, 0) is 0 Å². The van der Waals surface area contributed by atoms with Gasteiger partial charge in [0.05, 0.1) is 0 Å². The second-order valence-electron chi connectivity index (χ2n) is 5.41. The summed E-state index contributed by atoms with van der Waals surface area (Å²) in [7, 11) is -1.32. The molecule has 0 aliphatic rings. The Labute approximate surface area is 111 Å². The van der Waals surface area contributed by atoms with Gasteiger partial charge in [-0.15, -0.1) is 5.54 Å². The topological polar surface area (TPSA) is 0 Å². The first-order valence-corrected chi connectivity index (χ1v) is 9.74. The third kappa shape index (κ3) is 3.35. The predicted molar refractivity (Wildman–Crippen MR) is 82.1 cm³/mol. The SMILES string of the molecule is C[Si](C)(C)C#Cc1ccccc1-c1ccccc1. The van der Waals surface area contributed by atoms with Crippen molar-refractivity contribution in [3.8, 4) is 22.6 Å². The van der Waals surface area contributed by atoms with Gasteiger partial charge in [-0.2, -0.15) is 0 Å². The Morgan fingerprint density at radius 2 is 1.39 bits per heavy atom. The number of hydrogen-bond donors (Lipinski definition) is 0. The molecule has 0 atom stereocenters. The van der Waals surface area contributed by atoms with Crippen molar-refractivity contribution in [1.29, 1.82) is 0 Å². The van der Waals surface area contributed by atoms with Crippen molar-refractivity contribution < 1.29 is 0 Å². The van der Waals surface area contributed by atoms with Crippen LogP contribution in [0.1, 0.15) is 5.56 Å². The molecule has 0 amide bonds. The van der Waals surface area contributed by atoms with Gasteiger partial charge in [0.1, 0.15) is 8.07 Å². The number of rotatable bonds is 1. The lowest BCUT2D eigenvalue weighted by Gasteiger charge is -2.06. The fourth-order valence-corrected chi connectivity index (χ4v) is 2.23. The van der Waals surface area contributed by atoms with Crippen molar-refractivity contribution in [2.24, 2.45) is 0 Å². The Balaban J connectivity index is 2.47. The van der Waals surface area contributed by atoms with Gasteiger partial charge in [0.2, 0.25) is 0 Å². The zero-order valence-corrected chi connectivity index (χ0v) is 12.2. The normalized spacial score (nSPS) is 10.6.